The van der Waals surface area contributed by atoms with Crippen LogP contribution >= 0.6 is 15.9 Å². The molecule has 0 aliphatic heterocycles. The lowest BCUT2D eigenvalue weighted by Gasteiger charge is -2.16. The Labute approximate surface area is 118 Å². The Kier molecular flexibility index (Phi) is 5.75. The summed E-state index contributed by atoms with van der Waals surface area (Å²) in [7, 11) is 1.21. The Morgan fingerprint density at radius 1 is 1.47 bits per heavy atom. The number of hydrogen-bond donors (Lipinski definition) is 1. The topological polar surface area (TPSA) is 64.6 Å². The molecule has 0 aromatic heterocycles. The molecular formula is C12H13BrFNO4. The first-order valence-corrected chi connectivity index (χ1v) is 6.16. The summed E-state index contributed by atoms with van der Waals surface area (Å²) in [5.74, 6) is -1.04. The highest BCUT2D eigenvalue weighted by Gasteiger charge is 2.21. The number of carbonyl (C=O) groups excluding carboxylic acids is 2. The van der Waals surface area contributed by atoms with Crippen LogP contribution in [0.3, 0.4) is 0 Å². The fraction of sp³-hybridized carbons (Fsp3) is 0.333. The zero-order valence-electron chi connectivity index (χ0n) is 10.4. The van der Waals surface area contributed by atoms with Crippen molar-refractivity contribution in [2.75, 3.05) is 13.7 Å². The SMILES string of the molecule is COC(=O)C(COc1ccc(F)c(Br)c1)NC(C)=O. The van der Waals surface area contributed by atoms with Crippen LogP contribution in [0.25, 0.3) is 0 Å². The molecule has 0 aliphatic carbocycles. The van der Waals surface area contributed by atoms with E-state index >= 15 is 0 Å². The molecule has 0 saturated carbocycles. The van der Waals surface area contributed by atoms with Gasteiger partial charge in [0.05, 0.1) is 11.6 Å². The molecule has 0 fully saturated rings. The normalized spacial score (nSPS) is 11.6. The van der Waals surface area contributed by atoms with E-state index in [2.05, 4.69) is 26.0 Å². The smallest absolute Gasteiger partial charge is 0.331 e. The average molecular weight is 334 g/mol. The molecule has 1 unspecified atom stereocenters. The molecule has 0 heterocycles. The summed E-state index contributed by atoms with van der Waals surface area (Å²) in [5, 5.41) is 2.40. The molecule has 1 aromatic carbocycles. The molecular weight excluding hydrogens is 321 g/mol. The van der Waals surface area contributed by atoms with Crippen LogP contribution in [0.1, 0.15) is 6.92 Å². The third-order valence-corrected chi connectivity index (χ3v) is 2.78. The number of methoxy groups -OCH3 is 1. The number of halogens is 2. The lowest BCUT2D eigenvalue weighted by molar-refractivity contribution is -0.145. The van der Waals surface area contributed by atoms with Gasteiger partial charge in [0, 0.05) is 6.92 Å². The molecule has 0 spiro atoms. The number of hydrogen-bond acceptors (Lipinski definition) is 4. The zero-order chi connectivity index (χ0) is 14.4. The summed E-state index contributed by atoms with van der Waals surface area (Å²) in [6.45, 7) is 1.18. The summed E-state index contributed by atoms with van der Waals surface area (Å²) >= 11 is 3.02. The summed E-state index contributed by atoms with van der Waals surface area (Å²) in [6, 6.07) is 3.16. The first-order chi connectivity index (χ1) is 8.93. The minimum atomic E-state index is -0.911. The van der Waals surface area contributed by atoms with Crippen molar-refractivity contribution in [2.24, 2.45) is 0 Å². The minimum absolute atomic E-state index is 0.107. The van der Waals surface area contributed by atoms with E-state index in [1.807, 2.05) is 0 Å². The predicted octanol–water partition coefficient (Wildman–Crippen LogP) is 1.64. The Hall–Kier alpha value is -1.63. The van der Waals surface area contributed by atoms with E-state index in [1.54, 1.807) is 0 Å². The number of esters is 1. The van der Waals surface area contributed by atoms with Gasteiger partial charge >= 0.3 is 5.97 Å². The van der Waals surface area contributed by atoms with Gasteiger partial charge in [-0.05, 0) is 34.1 Å². The van der Waals surface area contributed by atoms with E-state index < -0.39 is 17.8 Å². The number of amides is 1. The van der Waals surface area contributed by atoms with E-state index in [4.69, 9.17) is 4.74 Å². The number of benzene rings is 1. The lowest BCUT2D eigenvalue weighted by atomic mass is 10.3. The number of rotatable bonds is 5. The second kappa shape index (κ2) is 7.08. The van der Waals surface area contributed by atoms with Gasteiger partial charge in [0.25, 0.3) is 0 Å². The fourth-order valence-electron chi connectivity index (χ4n) is 1.30. The van der Waals surface area contributed by atoms with Crippen molar-refractivity contribution < 1.29 is 23.5 Å². The molecule has 19 heavy (non-hydrogen) atoms. The molecule has 1 N–H and O–H groups in total. The molecule has 104 valence electrons. The molecule has 1 amide bonds. The van der Waals surface area contributed by atoms with E-state index in [0.29, 0.717) is 5.75 Å². The quantitative estimate of drug-likeness (QED) is 0.832. The van der Waals surface area contributed by atoms with Gasteiger partial charge in [-0.25, -0.2) is 9.18 Å². The van der Waals surface area contributed by atoms with Gasteiger partial charge < -0.3 is 14.8 Å². The average Bonchev–Trinajstić information content (AvgIpc) is 2.37. The highest BCUT2D eigenvalue weighted by atomic mass is 79.9. The molecule has 0 aliphatic rings. The van der Waals surface area contributed by atoms with Gasteiger partial charge in [-0.3, -0.25) is 4.79 Å². The van der Waals surface area contributed by atoms with Crippen LogP contribution in [-0.4, -0.2) is 31.6 Å². The first-order valence-electron chi connectivity index (χ1n) is 5.37. The summed E-state index contributed by atoms with van der Waals surface area (Å²) in [4.78, 5) is 22.4. The van der Waals surface area contributed by atoms with E-state index in [9.17, 15) is 14.0 Å². The second-order valence-corrected chi connectivity index (χ2v) is 4.52. The lowest BCUT2D eigenvalue weighted by Crippen LogP contribution is -2.44. The summed E-state index contributed by atoms with van der Waals surface area (Å²) in [5.41, 5.74) is 0. The summed E-state index contributed by atoms with van der Waals surface area (Å²) < 4.78 is 23.1. The highest BCUT2D eigenvalue weighted by molar-refractivity contribution is 9.10. The van der Waals surface area contributed by atoms with Crippen molar-refractivity contribution in [2.45, 2.75) is 13.0 Å². The van der Waals surface area contributed by atoms with Crippen LogP contribution in [0.15, 0.2) is 22.7 Å². The van der Waals surface area contributed by atoms with Crippen LogP contribution in [0.4, 0.5) is 4.39 Å². The maximum absolute atomic E-state index is 13.0. The zero-order valence-corrected chi connectivity index (χ0v) is 12.0. The van der Waals surface area contributed by atoms with Gasteiger partial charge in [0.1, 0.15) is 18.2 Å². The van der Waals surface area contributed by atoms with Gasteiger partial charge in [0.2, 0.25) is 5.91 Å². The standard InChI is InChI=1S/C12H13BrFNO4/c1-7(16)15-11(12(17)18-2)6-19-8-3-4-10(14)9(13)5-8/h3-5,11H,6H2,1-2H3,(H,15,16). The van der Waals surface area contributed by atoms with E-state index in [-0.39, 0.29) is 17.0 Å². The van der Waals surface area contributed by atoms with Crippen LogP contribution in [0.2, 0.25) is 0 Å². The molecule has 7 heteroatoms. The van der Waals surface area contributed by atoms with Crippen molar-refractivity contribution in [1.82, 2.24) is 5.32 Å². The Morgan fingerprint density at radius 3 is 2.68 bits per heavy atom. The Bertz CT molecular complexity index is 481. The number of nitrogens with one attached hydrogen (secondary N) is 1. The third kappa shape index (κ3) is 4.86. The summed E-state index contributed by atoms with van der Waals surface area (Å²) in [6.07, 6.45) is 0. The second-order valence-electron chi connectivity index (χ2n) is 3.66. The molecule has 0 bridgehead atoms. The maximum Gasteiger partial charge on any atom is 0.331 e. The molecule has 1 aromatic rings. The Morgan fingerprint density at radius 2 is 2.16 bits per heavy atom. The van der Waals surface area contributed by atoms with Crippen LogP contribution < -0.4 is 10.1 Å². The van der Waals surface area contributed by atoms with Crippen molar-refractivity contribution in [3.63, 3.8) is 0 Å². The van der Waals surface area contributed by atoms with Crippen molar-refractivity contribution in [3.8, 4) is 5.75 Å². The highest BCUT2D eigenvalue weighted by Crippen LogP contribution is 2.21. The minimum Gasteiger partial charge on any atom is -0.491 e. The Balaban J connectivity index is 2.67. The fourth-order valence-corrected chi connectivity index (χ4v) is 1.66. The van der Waals surface area contributed by atoms with E-state index in [0.717, 1.165) is 0 Å². The number of ether oxygens (including phenoxy) is 2. The predicted molar refractivity (Wildman–Crippen MR) is 69.2 cm³/mol. The van der Waals surface area contributed by atoms with Crippen molar-refractivity contribution >= 4 is 27.8 Å². The third-order valence-electron chi connectivity index (χ3n) is 2.17. The van der Waals surface area contributed by atoms with Gasteiger partial charge in [0.15, 0.2) is 6.04 Å². The molecule has 0 saturated heterocycles. The van der Waals surface area contributed by atoms with Crippen molar-refractivity contribution in [1.29, 1.82) is 0 Å². The first kappa shape index (κ1) is 15.4. The number of carbonyl (C=O) groups is 2. The van der Waals surface area contributed by atoms with Gasteiger partial charge in [-0.1, -0.05) is 0 Å². The van der Waals surface area contributed by atoms with Crippen LogP contribution in [-0.2, 0) is 14.3 Å². The molecule has 5 nitrogen and oxygen atoms in total. The van der Waals surface area contributed by atoms with Crippen LogP contribution in [0, 0.1) is 5.82 Å². The molecule has 0 radical (unpaired) electrons. The van der Waals surface area contributed by atoms with E-state index in [1.165, 1.54) is 32.2 Å². The molecule has 1 atom stereocenters. The van der Waals surface area contributed by atoms with Crippen molar-refractivity contribution in [3.05, 3.63) is 28.5 Å². The van der Waals surface area contributed by atoms with Crippen LogP contribution in [0.5, 0.6) is 5.75 Å². The maximum atomic E-state index is 13.0. The monoisotopic (exact) mass is 333 g/mol. The van der Waals surface area contributed by atoms with Gasteiger partial charge in [-0.15, -0.1) is 0 Å². The van der Waals surface area contributed by atoms with Gasteiger partial charge in [-0.2, -0.15) is 0 Å². The largest absolute Gasteiger partial charge is 0.491 e. The molecule has 1 rings (SSSR count).